The Kier molecular flexibility index (Phi) is 6.05. The van der Waals surface area contributed by atoms with E-state index in [1.165, 1.54) is 0 Å². The molecule has 0 atom stereocenters. The summed E-state index contributed by atoms with van der Waals surface area (Å²) < 4.78 is 0. The van der Waals surface area contributed by atoms with Gasteiger partial charge in [0.1, 0.15) is 0 Å². The summed E-state index contributed by atoms with van der Waals surface area (Å²) in [5.74, 6) is 0.144. The predicted molar refractivity (Wildman–Crippen MR) is 83.5 cm³/mol. The Morgan fingerprint density at radius 3 is 2.71 bits per heavy atom. The minimum absolute atomic E-state index is 0.103. The number of rotatable bonds is 5. The third-order valence-electron chi connectivity index (χ3n) is 3.67. The van der Waals surface area contributed by atoms with Gasteiger partial charge in [0.2, 0.25) is 5.91 Å². The zero-order valence-electron chi connectivity index (χ0n) is 12.1. The monoisotopic (exact) mass is 308 g/mol. The lowest BCUT2D eigenvalue weighted by Crippen LogP contribution is -2.33. The molecule has 0 spiro atoms. The van der Waals surface area contributed by atoms with Gasteiger partial charge in [-0.1, -0.05) is 18.0 Å². The van der Waals surface area contributed by atoms with Gasteiger partial charge in [0.05, 0.1) is 0 Å². The molecule has 21 heavy (non-hydrogen) atoms. The fraction of sp³-hybridized carbons (Fsp3) is 0.500. The Morgan fingerprint density at radius 2 is 1.95 bits per heavy atom. The number of carbonyl (C=O) groups excluding carboxylic acids is 2. The van der Waals surface area contributed by atoms with E-state index < -0.39 is 0 Å². The van der Waals surface area contributed by atoms with Crippen LogP contribution in [-0.4, -0.2) is 36.3 Å². The molecule has 1 N–H and O–H groups in total. The smallest absolute Gasteiger partial charge is 0.251 e. The molecular weight excluding hydrogens is 288 g/mol. The average molecular weight is 309 g/mol. The van der Waals surface area contributed by atoms with E-state index in [-0.39, 0.29) is 11.8 Å². The molecule has 0 radical (unpaired) electrons. The number of nitrogens with one attached hydrogen (secondary N) is 1. The number of hydrogen-bond donors (Lipinski definition) is 1. The summed E-state index contributed by atoms with van der Waals surface area (Å²) in [4.78, 5) is 25.6. The summed E-state index contributed by atoms with van der Waals surface area (Å²) in [5.41, 5.74) is 0.602. The van der Waals surface area contributed by atoms with E-state index in [0.29, 0.717) is 23.6 Å². The number of hydrogen-bond acceptors (Lipinski definition) is 2. The van der Waals surface area contributed by atoms with Crippen molar-refractivity contribution in [1.29, 1.82) is 0 Å². The minimum Gasteiger partial charge on any atom is -0.352 e. The largest absolute Gasteiger partial charge is 0.352 e. The molecule has 1 fully saturated rings. The van der Waals surface area contributed by atoms with Crippen molar-refractivity contribution in [1.82, 2.24) is 10.2 Å². The van der Waals surface area contributed by atoms with Crippen LogP contribution in [0.5, 0.6) is 0 Å². The highest BCUT2D eigenvalue weighted by Gasteiger charge is 2.15. The quantitative estimate of drug-likeness (QED) is 0.850. The van der Waals surface area contributed by atoms with Crippen LogP contribution in [0.1, 0.15) is 42.5 Å². The summed E-state index contributed by atoms with van der Waals surface area (Å²) in [6.07, 6.45) is 4.67. The van der Waals surface area contributed by atoms with Crippen LogP contribution >= 0.6 is 11.6 Å². The van der Waals surface area contributed by atoms with Gasteiger partial charge in [-0.15, -0.1) is 0 Å². The lowest BCUT2D eigenvalue weighted by Gasteiger charge is -2.20. The van der Waals surface area contributed by atoms with Crippen LogP contribution in [-0.2, 0) is 4.79 Å². The molecule has 5 heteroatoms. The van der Waals surface area contributed by atoms with Crippen molar-refractivity contribution < 1.29 is 9.59 Å². The molecule has 1 aliphatic heterocycles. The summed E-state index contributed by atoms with van der Waals surface area (Å²) >= 11 is 5.79. The topological polar surface area (TPSA) is 49.4 Å². The van der Waals surface area contributed by atoms with E-state index in [1.807, 2.05) is 4.90 Å². The van der Waals surface area contributed by atoms with Crippen molar-refractivity contribution in [2.24, 2.45) is 0 Å². The first-order chi connectivity index (χ1) is 10.2. The summed E-state index contributed by atoms with van der Waals surface area (Å²) in [6, 6.07) is 6.81. The molecule has 0 aliphatic carbocycles. The van der Waals surface area contributed by atoms with E-state index in [2.05, 4.69) is 5.32 Å². The Morgan fingerprint density at radius 1 is 1.19 bits per heavy atom. The number of benzene rings is 1. The first kappa shape index (κ1) is 15.8. The Bertz CT molecular complexity index is 488. The van der Waals surface area contributed by atoms with Crippen molar-refractivity contribution in [3.05, 3.63) is 34.9 Å². The average Bonchev–Trinajstić information content (AvgIpc) is 2.69. The molecule has 2 rings (SSSR count). The molecule has 1 aliphatic rings. The fourth-order valence-corrected chi connectivity index (χ4v) is 2.58. The number of carbonyl (C=O) groups is 2. The lowest BCUT2D eigenvalue weighted by molar-refractivity contribution is -0.130. The number of nitrogens with zero attached hydrogens (tertiary/aromatic N) is 1. The molecule has 4 nitrogen and oxygen atoms in total. The third kappa shape index (κ3) is 5.05. The zero-order chi connectivity index (χ0) is 15.1. The maximum absolute atomic E-state index is 11.9. The molecule has 2 amide bonds. The summed E-state index contributed by atoms with van der Waals surface area (Å²) in [5, 5.41) is 3.49. The van der Waals surface area contributed by atoms with Crippen LogP contribution in [0.15, 0.2) is 24.3 Å². The van der Waals surface area contributed by atoms with E-state index in [1.54, 1.807) is 24.3 Å². The van der Waals surface area contributed by atoms with Crippen molar-refractivity contribution in [2.75, 3.05) is 19.6 Å². The first-order valence-electron chi connectivity index (χ1n) is 7.48. The summed E-state index contributed by atoms with van der Waals surface area (Å²) in [6.45, 7) is 2.15. The summed E-state index contributed by atoms with van der Waals surface area (Å²) in [7, 11) is 0. The highest BCUT2D eigenvalue weighted by Crippen LogP contribution is 2.11. The van der Waals surface area contributed by atoms with Gasteiger partial charge in [-0.25, -0.2) is 0 Å². The van der Waals surface area contributed by atoms with Crippen molar-refractivity contribution in [3.8, 4) is 0 Å². The van der Waals surface area contributed by atoms with Gasteiger partial charge >= 0.3 is 0 Å². The molecular formula is C16H21ClN2O2. The normalized spacial score (nSPS) is 15.7. The van der Waals surface area contributed by atoms with Gasteiger partial charge in [0, 0.05) is 36.6 Å². The number of amides is 2. The number of likely N-dealkylation sites (tertiary alicyclic amines) is 1. The Labute approximate surface area is 130 Å². The van der Waals surface area contributed by atoms with Gasteiger partial charge in [0.25, 0.3) is 5.91 Å². The van der Waals surface area contributed by atoms with Crippen LogP contribution in [0.2, 0.25) is 5.02 Å². The first-order valence-corrected chi connectivity index (χ1v) is 7.86. The van der Waals surface area contributed by atoms with Crippen LogP contribution in [0.4, 0.5) is 0 Å². The highest BCUT2D eigenvalue weighted by atomic mass is 35.5. The van der Waals surface area contributed by atoms with Gasteiger partial charge in [0.15, 0.2) is 0 Å². The molecule has 0 unspecified atom stereocenters. The Hall–Kier alpha value is -1.55. The third-order valence-corrected chi connectivity index (χ3v) is 3.92. The molecule has 0 bridgehead atoms. The molecule has 1 aromatic carbocycles. The van der Waals surface area contributed by atoms with Crippen LogP contribution < -0.4 is 5.32 Å². The predicted octanol–water partition coefficient (Wildman–Crippen LogP) is 2.86. The number of halogens is 1. The maximum Gasteiger partial charge on any atom is 0.251 e. The van der Waals surface area contributed by atoms with E-state index >= 15 is 0 Å². The molecule has 0 aromatic heterocycles. The standard InChI is InChI=1S/C16H21ClN2O2/c17-14-8-6-13(7-9-14)16(21)18-10-4-12-19-11-3-1-2-5-15(19)20/h6-9H,1-5,10-12H2,(H,18,21). The SMILES string of the molecule is O=C(NCCCN1CCCCCC1=O)c1ccc(Cl)cc1. The second kappa shape index (κ2) is 8.03. The van der Waals surface area contributed by atoms with E-state index in [4.69, 9.17) is 11.6 Å². The molecule has 1 saturated heterocycles. The van der Waals surface area contributed by atoms with Crippen LogP contribution in [0.3, 0.4) is 0 Å². The van der Waals surface area contributed by atoms with Crippen molar-refractivity contribution in [2.45, 2.75) is 32.1 Å². The lowest BCUT2D eigenvalue weighted by atomic mass is 10.2. The van der Waals surface area contributed by atoms with E-state index in [9.17, 15) is 9.59 Å². The molecule has 1 aromatic rings. The molecule has 114 valence electrons. The highest BCUT2D eigenvalue weighted by molar-refractivity contribution is 6.30. The molecule has 1 heterocycles. The van der Waals surface area contributed by atoms with Crippen molar-refractivity contribution in [3.63, 3.8) is 0 Å². The van der Waals surface area contributed by atoms with Crippen LogP contribution in [0, 0.1) is 0 Å². The van der Waals surface area contributed by atoms with Crippen molar-refractivity contribution >= 4 is 23.4 Å². The zero-order valence-corrected chi connectivity index (χ0v) is 12.9. The fourth-order valence-electron chi connectivity index (χ4n) is 2.45. The van der Waals surface area contributed by atoms with Gasteiger partial charge in [-0.05, 0) is 43.5 Å². The Balaban J connectivity index is 1.70. The van der Waals surface area contributed by atoms with Gasteiger partial charge < -0.3 is 10.2 Å². The minimum atomic E-state index is -0.103. The van der Waals surface area contributed by atoms with Gasteiger partial charge in [-0.3, -0.25) is 9.59 Å². The second-order valence-electron chi connectivity index (χ2n) is 5.31. The van der Waals surface area contributed by atoms with E-state index in [0.717, 1.165) is 38.8 Å². The van der Waals surface area contributed by atoms with Crippen LogP contribution in [0.25, 0.3) is 0 Å². The molecule has 0 saturated carbocycles. The second-order valence-corrected chi connectivity index (χ2v) is 5.74. The maximum atomic E-state index is 11.9. The van der Waals surface area contributed by atoms with Gasteiger partial charge in [-0.2, -0.15) is 0 Å².